The Kier molecular flexibility index (Phi) is 6.71. The number of hydrogen-bond donors (Lipinski definition) is 2. The molecule has 1 heterocycles. The van der Waals surface area contributed by atoms with E-state index in [4.69, 9.17) is 10.2 Å². The number of aliphatic carboxylic acids is 1. The van der Waals surface area contributed by atoms with Crippen molar-refractivity contribution in [3.8, 4) is 0 Å². The molecule has 0 bridgehead atoms. The first-order chi connectivity index (χ1) is 9.40. The minimum atomic E-state index is -0.864. The van der Waals surface area contributed by atoms with Crippen molar-refractivity contribution in [3.05, 3.63) is 21.9 Å². The first kappa shape index (κ1) is 16.7. The van der Waals surface area contributed by atoms with Gasteiger partial charge in [0, 0.05) is 4.88 Å². The second-order valence-electron chi connectivity index (χ2n) is 5.39. The second-order valence-corrected chi connectivity index (χ2v) is 6.55. The fourth-order valence-corrected chi connectivity index (χ4v) is 2.92. The highest BCUT2D eigenvalue weighted by atomic mass is 32.1. The third-order valence-corrected chi connectivity index (χ3v) is 4.64. The van der Waals surface area contributed by atoms with Crippen LogP contribution in [0.3, 0.4) is 0 Å². The number of carboxylic acids is 2. The van der Waals surface area contributed by atoms with Gasteiger partial charge in [0.1, 0.15) is 4.88 Å². The summed E-state index contributed by atoms with van der Waals surface area (Å²) < 4.78 is 0. The van der Waals surface area contributed by atoms with Crippen LogP contribution in [0.25, 0.3) is 0 Å². The third kappa shape index (κ3) is 5.74. The van der Waals surface area contributed by atoms with Gasteiger partial charge >= 0.3 is 11.9 Å². The first-order valence-electron chi connectivity index (χ1n) is 6.95. The van der Waals surface area contributed by atoms with E-state index in [2.05, 4.69) is 6.92 Å². The quantitative estimate of drug-likeness (QED) is 0.725. The Bertz CT molecular complexity index is 452. The molecule has 0 saturated carbocycles. The van der Waals surface area contributed by atoms with E-state index < -0.39 is 11.9 Å². The van der Waals surface area contributed by atoms with Gasteiger partial charge in [0.05, 0.1) is 5.92 Å². The van der Waals surface area contributed by atoms with Crippen LogP contribution >= 0.6 is 11.3 Å². The fourth-order valence-electron chi connectivity index (χ4n) is 2.06. The number of aromatic carboxylic acids is 1. The lowest BCUT2D eigenvalue weighted by Crippen LogP contribution is -2.09. The number of carboxylic acid groups (broad SMARTS) is 2. The molecule has 0 saturated heterocycles. The minimum Gasteiger partial charge on any atom is -0.481 e. The van der Waals surface area contributed by atoms with Gasteiger partial charge in [-0.2, -0.15) is 0 Å². The van der Waals surface area contributed by atoms with E-state index in [-0.39, 0.29) is 5.92 Å². The summed E-state index contributed by atoms with van der Waals surface area (Å²) in [6.07, 6.45) is 4.59. The summed E-state index contributed by atoms with van der Waals surface area (Å²) in [6.45, 7) is 3.91. The van der Waals surface area contributed by atoms with Gasteiger partial charge in [0.15, 0.2) is 0 Å². The summed E-state index contributed by atoms with van der Waals surface area (Å²) in [6, 6.07) is 3.54. The molecule has 2 unspecified atom stereocenters. The average Bonchev–Trinajstić information content (AvgIpc) is 2.85. The zero-order valence-electron chi connectivity index (χ0n) is 12.0. The van der Waals surface area contributed by atoms with E-state index in [1.165, 1.54) is 11.3 Å². The maximum atomic E-state index is 10.8. The topological polar surface area (TPSA) is 74.6 Å². The predicted octanol–water partition coefficient (Wildman–Crippen LogP) is 3.91. The van der Waals surface area contributed by atoms with Gasteiger partial charge in [-0.3, -0.25) is 4.79 Å². The van der Waals surface area contributed by atoms with Gasteiger partial charge in [-0.25, -0.2) is 4.79 Å². The van der Waals surface area contributed by atoms with E-state index in [0.29, 0.717) is 10.8 Å². The Labute approximate surface area is 123 Å². The summed E-state index contributed by atoms with van der Waals surface area (Å²) >= 11 is 1.34. The molecule has 1 aromatic rings. The van der Waals surface area contributed by atoms with Crippen LogP contribution in [0.4, 0.5) is 0 Å². The van der Waals surface area contributed by atoms with E-state index in [1.54, 1.807) is 13.0 Å². The molecule has 0 radical (unpaired) electrons. The number of thiophene rings is 1. The highest BCUT2D eigenvalue weighted by Gasteiger charge is 2.12. The standard InChI is InChI=1S/C15H22O4S/c1-10(4-3-5-11(2)14(16)17)6-7-12-8-9-13(20-12)15(18)19/h8-11H,3-7H2,1-2H3,(H,16,17)(H,18,19). The van der Waals surface area contributed by atoms with Crippen molar-refractivity contribution in [2.75, 3.05) is 0 Å². The van der Waals surface area contributed by atoms with Crippen molar-refractivity contribution >= 4 is 23.3 Å². The molecule has 112 valence electrons. The molecule has 2 N–H and O–H groups in total. The molecule has 0 spiro atoms. The molecule has 1 aromatic heterocycles. The molecule has 4 nitrogen and oxygen atoms in total. The lowest BCUT2D eigenvalue weighted by molar-refractivity contribution is -0.141. The van der Waals surface area contributed by atoms with Gasteiger partial charge in [-0.15, -0.1) is 11.3 Å². The van der Waals surface area contributed by atoms with Gasteiger partial charge < -0.3 is 10.2 Å². The Morgan fingerprint density at radius 3 is 2.40 bits per heavy atom. The average molecular weight is 298 g/mol. The fraction of sp³-hybridized carbons (Fsp3) is 0.600. The summed E-state index contributed by atoms with van der Waals surface area (Å²) in [5.41, 5.74) is 0. The lowest BCUT2D eigenvalue weighted by Gasteiger charge is -2.11. The molecule has 0 amide bonds. The Morgan fingerprint density at radius 1 is 1.15 bits per heavy atom. The van der Waals surface area contributed by atoms with Crippen LogP contribution in [0.15, 0.2) is 12.1 Å². The van der Waals surface area contributed by atoms with Crippen molar-refractivity contribution in [1.82, 2.24) is 0 Å². The summed E-state index contributed by atoms with van der Waals surface area (Å²) in [7, 11) is 0. The van der Waals surface area contributed by atoms with Crippen LogP contribution in [-0.4, -0.2) is 22.2 Å². The zero-order chi connectivity index (χ0) is 15.1. The highest BCUT2D eigenvalue weighted by molar-refractivity contribution is 7.13. The lowest BCUT2D eigenvalue weighted by atomic mass is 9.95. The van der Waals surface area contributed by atoms with Gasteiger partial charge in [-0.1, -0.05) is 26.7 Å². The molecule has 20 heavy (non-hydrogen) atoms. The van der Waals surface area contributed by atoms with Crippen LogP contribution in [0.5, 0.6) is 0 Å². The molecule has 0 aliphatic heterocycles. The number of carbonyl (C=O) groups is 2. The molecule has 0 fully saturated rings. The normalized spacial score (nSPS) is 13.9. The maximum absolute atomic E-state index is 10.8. The molecule has 1 rings (SSSR count). The first-order valence-corrected chi connectivity index (χ1v) is 7.76. The summed E-state index contributed by atoms with van der Waals surface area (Å²) in [4.78, 5) is 23.0. The molecule has 0 aromatic carbocycles. The SMILES string of the molecule is CC(CCCC(C)C(=O)O)CCc1ccc(C(=O)O)s1. The van der Waals surface area contributed by atoms with Crippen LogP contribution in [0.1, 0.15) is 54.1 Å². The summed E-state index contributed by atoms with van der Waals surface area (Å²) in [5.74, 6) is -1.32. The van der Waals surface area contributed by atoms with Crippen LogP contribution in [0.2, 0.25) is 0 Å². The van der Waals surface area contributed by atoms with E-state index in [9.17, 15) is 9.59 Å². The Hall–Kier alpha value is -1.36. The number of hydrogen-bond acceptors (Lipinski definition) is 3. The third-order valence-electron chi connectivity index (χ3n) is 3.51. The molecular weight excluding hydrogens is 276 g/mol. The predicted molar refractivity (Wildman–Crippen MR) is 79.4 cm³/mol. The van der Waals surface area contributed by atoms with Crippen LogP contribution in [-0.2, 0) is 11.2 Å². The largest absolute Gasteiger partial charge is 0.481 e. The smallest absolute Gasteiger partial charge is 0.345 e. The van der Waals surface area contributed by atoms with Gasteiger partial charge in [0.2, 0.25) is 0 Å². The van der Waals surface area contributed by atoms with Crippen LogP contribution in [0, 0.1) is 11.8 Å². The Balaban J connectivity index is 2.23. The van der Waals surface area contributed by atoms with E-state index >= 15 is 0 Å². The highest BCUT2D eigenvalue weighted by Crippen LogP contribution is 2.22. The van der Waals surface area contributed by atoms with Crippen molar-refractivity contribution in [3.63, 3.8) is 0 Å². The van der Waals surface area contributed by atoms with Crippen molar-refractivity contribution in [2.24, 2.45) is 11.8 Å². The van der Waals surface area contributed by atoms with Gasteiger partial charge in [-0.05, 0) is 37.3 Å². The van der Waals surface area contributed by atoms with Crippen LogP contribution < -0.4 is 0 Å². The van der Waals surface area contributed by atoms with E-state index in [0.717, 1.165) is 37.0 Å². The molecule has 2 atom stereocenters. The molecule has 0 aliphatic carbocycles. The monoisotopic (exact) mass is 298 g/mol. The molecular formula is C15H22O4S. The minimum absolute atomic E-state index is 0.266. The van der Waals surface area contributed by atoms with Crippen molar-refractivity contribution in [1.29, 1.82) is 0 Å². The zero-order valence-corrected chi connectivity index (χ0v) is 12.8. The Morgan fingerprint density at radius 2 is 1.85 bits per heavy atom. The number of aryl methyl sites for hydroxylation is 1. The molecule has 5 heteroatoms. The second kappa shape index (κ2) is 8.04. The summed E-state index contributed by atoms with van der Waals surface area (Å²) in [5, 5.41) is 17.7. The maximum Gasteiger partial charge on any atom is 0.345 e. The molecule has 0 aliphatic rings. The van der Waals surface area contributed by atoms with E-state index in [1.807, 2.05) is 6.07 Å². The van der Waals surface area contributed by atoms with Crippen molar-refractivity contribution in [2.45, 2.75) is 46.0 Å². The van der Waals surface area contributed by atoms with Gasteiger partial charge in [0.25, 0.3) is 0 Å². The van der Waals surface area contributed by atoms with Crippen molar-refractivity contribution < 1.29 is 19.8 Å². The number of rotatable bonds is 9.